The van der Waals surface area contributed by atoms with Crippen LogP contribution >= 0.6 is 0 Å². The summed E-state index contributed by atoms with van der Waals surface area (Å²) < 4.78 is 49.6. The molecule has 5 rings (SSSR count). The van der Waals surface area contributed by atoms with Crippen LogP contribution in [0.3, 0.4) is 0 Å². The molecule has 3 aromatic rings. The normalized spacial score (nSPS) is 21.5. The third-order valence-electron chi connectivity index (χ3n) is 7.38. The van der Waals surface area contributed by atoms with E-state index < -0.39 is 17.6 Å². The van der Waals surface area contributed by atoms with E-state index in [1.54, 1.807) is 6.20 Å². The number of likely N-dealkylation sites (N-methyl/N-ethyl adjacent to an activating group) is 1. The number of aromatic amines is 1. The van der Waals surface area contributed by atoms with Crippen LogP contribution in [0.15, 0.2) is 30.5 Å². The summed E-state index contributed by atoms with van der Waals surface area (Å²) in [5.41, 5.74) is 3.03. The van der Waals surface area contributed by atoms with E-state index >= 15 is 8.78 Å². The minimum Gasteiger partial charge on any atom is -0.488 e. The first kappa shape index (κ1) is 24.1. The Morgan fingerprint density at radius 3 is 2.60 bits per heavy atom. The molecule has 2 aromatic carbocycles. The summed E-state index contributed by atoms with van der Waals surface area (Å²) in [6.07, 6.45) is 2.97. The van der Waals surface area contributed by atoms with Gasteiger partial charge in [0.15, 0.2) is 0 Å². The number of benzene rings is 2. The predicted molar refractivity (Wildman–Crippen MR) is 130 cm³/mol. The van der Waals surface area contributed by atoms with Gasteiger partial charge in [-0.15, -0.1) is 0 Å². The first-order chi connectivity index (χ1) is 16.9. The molecule has 0 bridgehead atoms. The fraction of sp³-hybridized carbons (Fsp3) is 0.519. The van der Waals surface area contributed by atoms with Crippen LogP contribution in [0.1, 0.15) is 49.3 Å². The molecular formula is C27H33F3N4O. The monoisotopic (exact) mass is 486 g/mol. The fourth-order valence-electron chi connectivity index (χ4n) is 5.72. The molecule has 2 aliphatic rings. The van der Waals surface area contributed by atoms with Gasteiger partial charge in [0.1, 0.15) is 23.5 Å². The lowest BCUT2D eigenvalue weighted by atomic mass is 9.75. The molecule has 5 nitrogen and oxygen atoms in total. The fourth-order valence-corrected chi connectivity index (χ4v) is 5.72. The summed E-state index contributed by atoms with van der Waals surface area (Å²) in [4.78, 5) is 4.29. The maximum atomic E-state index is 15.7. The number of halogens is 3. The SMILES string of the molecule is CC(C)C[C@H]1[C@H](c2c(F)cc(OC3CN(CCCF)C3)cc2F)c2ccc3[nH]ncc3c2CN1C. The van der Waals surface area contributed by atoms with Gasteiger partial charge in [-0.3, -0.25) is 19.3 Å². The molecule has 0 aliphatic carbocycles. The number of ether oxygens (including phenoxy) is 1. The third kappa shape index (κ3) is 4.66. The topological polar surface area (TPSA) is 44.4 Å². The molecule has 1 aromatic heterocycles. The number of aromatic nitrogens is 2. The van der Waals surface area contributed by atoms with Crippen molar-refractivity contribution in [2.45, 2.75) is 51.3 Å². The number of hydrogen-bond donors (Lipinski definition) is 1. The smallest absolute Gasteiger partial charge is 0.133 e. The van der Waals surface area contributed by atoms with Crippen LogP contribution in [-0.2, 0) is 6.54 Å². The highest BCUT2D eigenvalue weighted by Crippen LogP contribution is 2.44. The number of hydrogen-bond acceptors (Lipinski definition) is 4. The summed E-state index contributed by atoms with van der Waals surface area (Å²) in [7, 11) is 2.03. The van der Waals surface area contributed by atoms with Crippen LogP contribution in [0.4, 0.5) is 13.2 Å². The number of H-pyrrole nitrogens is 1. The lowest BCUT2D eigenvalue weighted by Crippen LogP contribution is -2.53. The molecular weight excluding hydrogens is 453 g/mol. The average Bonchev–Trinajstić information content (AvgIpc) is 3.26. The number of alkyl halides is 1. The predicted octanol–water partition coefficient (Wildman–Crippen LogP) is 5.26. The Morgan fingerprint density at radius 2 is 1.91 bits per heavy atom. The van der Waals surface area contributed by atoms with Crippen LogP contribution in [0.2, 0.25) is 0 Å². The van der Waals surface area contributed by atoms with E-state index in [4.69, 9.17) is 4.74 Å². The Morgan fingerprint density at radius 1 is 1.17 bits per heavy atom. The molecule has 8 heteroatoms. The van der Waals surface area contributed by atoms with Gasteiger partial charge in [0.2, 0.25) is 0 Å². The lowest BCUT2D eigenvalue weighted by molar-refractivity contribution is 0.0180. The lowest BCUT2D eigenvalue weighted by Gasteiger charge is -2.42. The Bertz CT molecular complexity index is 1170. The van der Waals surface area contributed by atoms with Crippen molar-refractivity contribution in [1.82, 2.24) is 20.0 Å². The van der Waals surface area contributed by atoms with Gasteiger partial charge in [-0.05, 0) is 43.0 Å². The Hall–Kier alpha value is -2.58. The van der Waals surface area contributed by atoms with Gasteiger partial charge in [-0.2, -0.15) is 5.10 Å². The Labute approximate surface area is 204 Å². The molecule has 2 atom stereocenters. The first-order valence-corrected chi connectivity index (χ1v) is 12.4. The number of nitrogens with zero attached hydrogens (tertiary/aromatic N) is 3. The van der Waals surface area contributed by atoms with Crippen LogP contribution in [0, 0.1) is 17.6 Å². The van der Waals surface area contributed by atoms with E-state index in [-0.39, 0.29) is 30.1 Å². The summed E-state index contributed by atoms with van der Waals surface area (Å²) in [5.74, 6) is -1.04. The quantitative estimate of drug-likeness (QED) is 0.472. The number of rotatable bonds is 8. The van der Waals surface area contributed by atoms with Crippen LogP contribution in [0.25, 0.3) is 10.9 Å². The standard InChI is InChI=1S/C27H33F3N4O/c1-16(2)9-25-26(19-5-6-24-20(12-31-32-24)21(19)15-33(25)3)27-22(29)10-17(11-23(27)30)35-18-13-34(14-18)8-4-7-28/h5-6,10-12,16,18,25-26H,4,7-9,13-15H2,1-3H3,(H,31,32)/t25-,26+/m0/s1. The van der Waals surface area contributed by atoms with Crippen molar-refractivity contribution in [3.05, 3.63) is 58.8 Å². The Kier molecular flexibility index (Phi) is 6.77. The minimum atomic E-state index is -0.582. The largest absolute Gasteiger partial charge is 0.488 e. The number of fused-ring (bicyclic) bond motifs is 3. The van der Waals surface area contributed by atoms with E-state index in [0.717, 1.165) is 28.5 Å². The zero-order valence-electron chi connectivity index (χ0n) is 20.5. The molecule has 35 heavy (non-hydrogen) atoms. The highest BCUT2D eigenvalue weighted by molar-refractivity contribution is 5.83. The molecule has 3 heterocycles. The molecule has 2 aliphatic heterocycles. The number of likely N-dealkylation sites (tertiary alicyclic amines) is 1. The van der Waals surface area contributed by atoms with Crippen molar-refractivity contribution < 1.29 is 17.9 Å². The van der Waals surface area contributed by atoms with Crippen molar-refractivity contribution in [3.63, 3.8) is 0 Å². The van der Waals surface area contributed by atoms with E-state index in [1.165, 1.54) is 12.1 Å². The molecule has 188 valence electrons. The van der Waals surface area contributed by atoms with Crippen LogP contribution in [0.5, 0.6) is 5.75 Å². The second kappa shape index (κ2) is 9.82. The zero-order valence-corrected chi connectivity index (χ0v) is 20.5. The highest BCUT2D eigenvalue weighted by Gasteiger charge is 2.39. The van der Waals surface area contributed by atoms with Crippen LogP contribution in [-0.4, -0.2) is 65.5 Å². The molecule has 1 saturated heterocycles. The van der Waals surface area contributed by atoms with Gasteiger partial charge in [0.25, 0.3) is 0 Å². The van der Waals surface area contributed by atoms with Gasteiger partial charge in [-0.1, -0.05) is 19.9 Å². The maximum Gasteiger partial charge on any atom is 0.133 e. The van der Waals surface area contributed by atoms with Crippen molar-refractivity contribution in [2.75, 3.05) is 33.4 Å². The Balaban J connectivity index is 1.48. The summed E-state index contributed by atoms with van der Waals surface area (Å²) >= 11 is 0. The van der Waals surface area contributed by atoms with Crippen molar-refractivity contribution in [3.8, 4) is 5.75 Å². The summed E-state index contributed by atoms with van der Waals surface area (Å²) in [6, 6.07) is 6.53. The molecule has 0 saturated carbocycles. The van der Waals surface area contributed by atoms with Gasteiger partial charge in [-0.25, -0.2) is 8.78 Å². The van der Waals surface area contributed by atoms with Gasteiger partial charge < -0.3 is 4.74 Å². The van der Waals surface area contributed by atoms with E-state index in [9.17, 15) is 4.39 Å². The third-order valence-corrected chi connectivity index (χ3v) is 7.38. The molecule has 0 spiro atoms. The van der Waals surface area contributed by atoms with Crippen molar-refractivity contribution in [2.24, 2.45) is 5.92 Å². The van der Waals surface area contributed by atoms with E-state index in [0.29, 0.717) is 38.5 Å². The summed E-state index contributed by atoms with van der Waals surface area (Å²) in [5, 5.41) is 8.17. The molecule has 1 N–H and O–H groups in total. The van der Waals surface area contributed by atoms with Gasteiger partial charge in [0.05, 0.1) is 18.4 Å². The molecule has 0 radical (unpaired) electrons. The first-order valence-electron chi connectivity index (χ1n) is 12.4. The van der Waals surface area contributed by atoms with Gasteiger partial charge in [0, 0.05) is 61.2 Å². The van der Waals surface area contributed by atoms with Crippen molar-refractivity contribution in [1.29, 1.82) is 0 Å². The van der Waals surface area contributed by atoms with Crippen LogP contribution < -0.4 is 4.74 Å². The molecule has 1 fully saturated rings. The second-order valence-corrected chi connectivity index (χ2v) is 10.4. The van der Waals surface area contributed by atoms with E-state index in [1.807, 2.05) is 19.2 Å². The summed E-state index contributed by atoms with van der Waals surface area (Å²) in [6.45, 7) is 6.59. The average molecular weight is 487 g/mol. The second-order valence-electron chi connectivity index (χ2n) is 10.4. The molecule has 0 unspecified atom stereocenters. The van der Waals surface area contributed by atoms with Gasteiger partial charge >= 0.3 is 0 Å². The van der Waals surface area contributed by atoms with Crippen molar-refractivity contribution >= 4 is 10.9 Å². The highest BCUT2D eigenvalue weighted by atomic mass is 19.1. The minimum absolute atomic E-state index is 0.0432. The van der Waals surface area contributed by atoms with E-state index in [2.05, 4.69) is 33.8 Å². The number of nitrogens with one attached hydrogen (secondary N) is 1. The zero-order chi connectivity index (χ0) is 24.7. The molecule has 0 amide bonds. The maximum absolute atomic E-state index is 15.7.